The van der Waals surface area contributed by atoms with Gasteiger partial charge in [-0.25, -0.2) is 4.98 Å². The van der Waals surface area contributed by atoms with E-state index in [1.54, 1.807) is 26.4 Å². The van der Waals surface area contributed by atoms with Gasteiger partial charge in [0.2, 0.25) is 5.95 Å². The molecule has 142 valence electrons. The molecule has 8 nitrogen and oxygen atoms in total. The second kappa shape index (κ2) is 8.14. The third-order valence-corrected chi connectivity index (χ3v) is 4.07. The third-order valence-electron chi connectivity index (χ3n) is 4.07. The lowest BCUT2D eigenvalue weighted by Gasteiger charge is -2.13. The van der Waals surface area contributed by atoms with Gasteiger partial charge in [-0.3, -0.25) is 0 Å². The van der Waals surface area contributed by atoms with Crippen molar-refractivity contribution in [2.75, 3.05) is 25.7 Å². The quantitative estimate of drug-likeness (QED) is 0.671. The van der Waals surface area contributed by atoms with Gasteiger partial charge in [0.25, 0.3) is 0 Å². The van der Waals surface area contributed by atoms with Crippen LogP contribution in [0.3, 0.4) is 0 Å². The largest absolute Gasteiger partial charge is 0.497 e. The van der Waals surface area contributed by atoms with E-state index in [0.29, 0.717) is 22.8 Å². The maximum Gasteiger partial charge on any atom is 0.222 e. The van der Waals surface area contributed by atoms with E-state index in [1.807, 2.05) is 36.4 Å². The third kappa shape index (κ3) is 3.88. The van der Waals surface area contributed by atoms with Gasteiger partial charge in [-0.1, -0.05) is 0 Å². The molecule has 3 aromatic rings. The molecule has 2 aromatic carbocycles. The highest BCUT2D eigenvalue weighted by atomic mass is 16.5. The molecule has 0 bridgehead atoms. The average Bonchev–Trinajstić information content (AvgIpc) is 2.72. The Hall–Kier alpha value is -3.99. The summed E-state index contributed by atoms with van der Waals surface area (Å²) in [4.78, 5) is 8.02. The van der Waals surface area contributed by atoms with Crippen LogP contribution in [0.5, 0.6) is 17.2 Å². The first-order chi connectivity index (χ1) is 13.5. The van der Waals surface area contributed by atoms with Crippen LogP contribution in [0.4, 0.5) is 11.8 Å². The van der Waals surface area contributed by atoms with Crippen LogP contribution in [-0.4, -0.2) is 24.2 Å². The average molecular weight is 377 g/mol. The van der Waals surface area contributed by atoms with E-state index in [0.717, 1.165) is 11.3 Å². The van der Waals surface area contributed by atoms with Gasteiger partial charge in [0.05, 0.1) is 19.9 Å². The molecule has 0 aliphatic heterocycles. The molecule has 4 N–H and O–H groups in total. The van der Waals surface area contributed by atoms with Gasteiger partial charge in [-0.2, -0.15) is 10.2 Å². The number of hydrogen-bond donors (Lipinski definition) is 2. The lowest BCUT2D eigenvalue weighted by molar-refractivity contribution is 0.296. The molecule has 0 atom stereocenters. The molecule has 0 unspecified atom stereocenters. The number of rotatable bonds is 6. The SMILES string of the molecule is COc1ccc(OCc2cc(-c3nc(N)nc(N)c3C#N)ccc2OC)cc1. The van der Waals surface area contributed by atoms with Gasteiger partial charge in [0.15, 0.2) is 0 Å². The summed E-state index contributed by atoms with van der Waals surface area (Å²) in [5, 5.41) is 9.41. The number of hydrogen-bond acceptors (Lipinski definition) is 8. The molecule has 0 spiro atoms. The fourth-order valence-corrected chi connectivity index (χ4v) is 2.69. The van der Waals surface area contributed by atoms with Crippen LogP contribution in [0.15, 0.2) is 42.5 Å². The lowest BCUT2D eigenvalue weighted by Crippen LogP contribution is -2.05. The Morgan fingerprint density at radius 2 is 1.68 bits per heavy atom. The topological polar surface area (TPSA) is 129 Å². The maximum absolute atomic E-state index is 9.41. The van der Waals surface area contributed by atoms with E-state index in [1.165, 1.54) is 0 Å². The fourth-order valence-electron chi connectivity index (χ4n) is 2.69. The van der Waals surface area contributed by atoms with Crippen LogP contribution in [0, 0.1) is 11.3 Å². The molecule has 0 fully saturated rings. The lowest BCUT2D eigenvalue weighted by atomic mass is 10.0. The van der Waals surface area contributed by atoms with Gasteiger partial charge in [0.1, 0.15) is 41.3 Å². The first-order valence-corrected chi connectivity index (χ1v) is 8.33. The van der Waals surface area contributed by atoms with Gasteiger partial charge in [0, 0.05) is 11.1 Å². The Bertz CT molecular complexity index is 1030. The Labute approximate surface area is 162 Å². The predicted octanol–water partition coefficient (Wildman–Crippen LogP) is 2.78. The van der Waals surface area contributed by atoms with Gasteiger partial charge in [-0.15, -0.1) is 0 Å². The van der Waals surface area contributed by atoms with Crippen LogP contribution >= 0.6 is 0 Å². The highest BCUT2D eigenvalue weighted by Gasteiger charge is 2.15. The summed E-state index contributed by atoms with van der Waals surface area (Å²) < 4.78 is 16.4. The van der Waals surface area contributed by atoms with Crippen LogP contribution in [0.2, 0.25) is 0 Å². The zero-order chi connectivity index (χ0) is 20.1. The molecule has 0 aliphatic rings. The summed E-state index contributed by atoms with van der Waals surface area (Å²) in [5.74, 6) is 2.11. The van der Waals surface area contributed by atoms with Crippen molar-refractivity contribution in [3.63, 3.8) is 0 Å². The molecule has 1 heterocycles. The van der Waals surface area contributed by atoms with Crippen LogP contribution < -0.4 is 25.7 Å². The Kier molecular flexibility index (Phi) is 5.46. The van der Waals surface area contributed by atoms with E-state index in [-0.39, 0.29) is 23.9 Å². The summed E-state index contributed by atoms with van der Waals surface area (Å²) >= 11 is 0. The summed E-state index contributed by atoms with van der Waals surface area (Å²) in [6.45, 7) is 0.251. The molecule has 0 amide bonds. The Morgan fingerprint density at radius 3 is 2.32 bits per heavy atom. The van der Waals surface area contributed by atoms with Crippen LogP contribution in [0.1, 0.15) is 11.1 Å². The molecule has 8 heteroatoms. The van der Waals surface area contributed by atoms with E-state index in [4.69, 9.17) is 25.7 Å². The molecule has 0 saturated carbocycles. The van der Waals surface area contributed by atoms with E-state index in [2.05, 4.69) is 9.97 Å². The second-order valence-electron chi connectivity index (χ2n) is 5.79. The molecular formula is C20H19N5O3. The van der Waals surface area contributed by atoms with Crippen molar-refractivity contribution in [3.8, 4) is 34.6 Å². The van der Waals surface area contributed by atoms with Gasteiger partial charge >= 0.3 is 0 Å². The predicted molar refractivity (Wildman–Crippen MR) is 105 cm³/mol. The zero-order valence-corrected chi connectivity index (χ0v) is 15.5. The number of anilines is 2. The van der Waals surface area contributed by atoms with Gasteiger partial charge < -0.3 is 25.7 Å². The van der Waals surface area contributed by atoms with E-state index < -0.39 is 0 Å². The molecule has 1 aromatic heterocycles. The minimum Gasteiger partial charge on any atom is -0.497 e. The van der Waals surface area contributed by atoms with Crippen molar-refractivity contribution in [2.24, 2.45) is 0 Å². The van der Waals surface area contributed by atoms with E-state index in [9.17, 15) is 5.26 Å². The normalized spacial score (nSPS) is 10.2. The monoisotopic (exact) mass is 377 g/mol. The number of nitrogens with zero attached hydrogens (tertiary/aromatic N) is 3. The molecule has 0 saturated heterocycles. The zero-order valence-electron chi connectivity index (χ0n) is 15.5. The number of aromatic nitrogens is 2. The first kappa shape index (κ1) is 18.8. The molecule has 0 aliphatic carbocycles. The van der Waals surface area contributed by atoms with Crippen molar-refractivity contribution in [3.05, 3.63) is 53.6 Å². The van der Waals surface area contributed by atoms with E-state index >= 15 is 0 Å². The minimum absolute atomic E-state index is 0.00153. The molecule has 0 radical (unpaired) electrons. The number of nitriles is 1. The summed E-state index contributed by atoms with van der Waals surface area (Å²) in [6, 6.07) is 14.7. The highest BCUT2D eigenvalue weighted by molar-refractivity contribution is 5.74. The first-order valence-electron chi connectivity index (χ1n) is 8.33. The van der Waals surface area contributed by atoms with Crippen molar-refractivity contribution in [2.45, 2.75) is 6.61 Å². The highest BCUT2D eigenvalue weighted by Crippen LogP contribution is 2.30. The molecular weight excluding hydrogens is 358 g/mol. The summed E-state index contributed by atoms with van der Waals surface area (Å²) in [7, 11) is 3.18. The van der Waals surface area contributed by atoms with Crippen molar-refractivity contribution in [1.29, 1.82) is 5.26 Å². The number of methoxy groups -OCH3 is 2. The van der Waals surface area contributed by atoms with Crippen molar-refractivity contribution in [1.82, 2.24) is 9.97 Å². The Balaban J connectivity index is 1.93. The molecule has 3 rings (SSSR count). The van der Waals surface area contributed by atoms with Crippen molar-refractivity contribution < 1.29 is 14.2 Å². The number of nitrogen functional groups attached to an aromatic ring is 2. The van der Waals surface area contributed by atoms with Crippen LogP contribution in [0.25, 0.3) is 11.3 Å². The number of ether oxygens (including phenoxy) is 3. The fraction of sp³-hybridized carbons (Fsp3) is 0.150. The van der Waals surface area contributed by atoms with Crippen LogP contribution in [-0.2, 0) is 6.61 Å². The Morgan fingerprint density at radius 1 is 0.964 bits per heavy atom. The standard InChI is InChI=1S/C20H19N5O3/c1-26-14-4-6-15(7-5-14)28-11-13-9-12(3-8-17(13)27-2)18-16(10-21)19(22)25-20(23)24-18/h3-9H,11H2,1-2H3,(H4,22,23,24,25). The summed E-state index contributed by atoms with van der Waals surface area (Å²) in [6.07, 6.45) is 0. The maximum atomic E-state index is 9.41. The smallest absolute Gasteiger partial charge is 0.222 e. The summed E-state index contributed by atoms with van der Waals surface area (Å²) in [5.41, 5.74) is 13.5. The number of benzene rings is 2. The minimum atomic E-state index is -0.00153. The second-order valence-corrected chi connectivity index (χ2v) is 5.79. The van der Waals surface area contributed by atoms with Crippen molar-refractivity contribution >= 4 is 11.8 Å². The van der Waals surface area contributed by atoms with Gasteiger partial charge in [-0.05, 0) is 42.5 Å². The number of nitrogens with two attached hydrogens (primary N) is 2. The molecule has 28 heavy (non-hydrogen) atoms.